The molecular formula is C20H28N2O2. The van der Waals surface area contributed by atoms with E-state index in [0.717, 1.165) is 37.7 Å². The molecule has 4 heteroatoms. The van der Waals surface area contributed by atoms with E-state index in [9.17, 15) is 9.59 Å². The van der Waals surface area contributed by atoms with Crippen molar-refractivity contribution in [2.75, 3.05) is 0 Å². The van der Waals surface area contributed by atoms with Crippen LogP contribution in [-0.2, 0) is 4.79 Å². The number of allylic oxidation sites excluding steroid dienone is 1. The van der Waals surface area contributed by atoms with Crippen molar-refractivity contribution in [1.82, 2.24) is 10.4 Å². The van der Waals surface area contributed by atoms with Gasteiger partial charge in [-0.3, -0.25) is 15.0 Å². The molecule has 1 aromatic carbocycles. The standard InChI is InChI=1S/C20H28N2O2/c1-20(2,3)22(21-18(23)16-12-10-7-11-13-16)19(24)17-14-8-5-4-6-9-15-17/h7,10-14H,4-6,8-9,15H2,1-3H3,(H,21,23). The molecule has 0 radical (unpaired) electrons. The van der Waals surface area contributed by atoms with Crippen molar-refractivity contribution in [1.29, 1.82) is 0 Å². The van der Waals surface area contributed by atoms with Gasteiger partial charge in [-0.2, -0.15) is 0 Å². The van der Waals surface area contributed by atoms with Gasteiger partial charge in [0.2, 0.25) is 0 Å². The highest BCUT2D eigenvalue weighted by Gasteiger charge is 2.30. The fraction of sp³-hybridized carbons (Fsp3) is 0.500. The summed E-state index contributed by atoms with van der Waals surface area (Å²) >= 11 is 0. The number of amides is 2. The highest BCUT2D eigenvalue weighted by molar-refractivity contribution is 5.99. The maximum atomic E-state index is 13.0. The van der Waals surface area contributed by atoms with Crippen LogP contribution in [0.5, 0.6) is 0 Å². The summed E-state index contributed by atoms with van der Waals surface area (Å²) in [5.74, 6) is -0.348. The first-order chi connectivity index (χ1) is 11.4. The molecular weight excluding hydrogens is 300 g/mol. The first-order valence-corrected chi connectivity index (χ1v) is 8.79. The van der Waals surface area contributed by atoms with E-state index in [0.29, 0.717) is 5.56 Å². The van der Waals surface area contributed by atoms with Crippen LogP contribution in [0.3, 0.4) is 0 Å². The van der Waals surface area contributed by atoms with Crippen LogP contribution in [0.4, 0.5) is 0 Å². The molecule has 2 amide bonds. The van der Waals surface area contributed by atoms with E-state index in [2.05, 4.69) is 11.5 Å². The van der Waals surface area contributed by atoms with Crippen LogP contribution in [0.15, 0.2) is 42.0 Å². The Balaban J connectivity index is 2.18. The van der Waals surface area contributed by atoms with Crippen molar-refractivity contribution in [3.8, 4) is 0 Å². The van der Waals surface area contributed by atoms with Gasteiger partial charge in [0.1, 0.15) is 0 Å². The van der Waals surface area contributed by atoms with Crippen molar-refractivity contribution < 1.29 is 9.59 Å². The molecule has 0 saturated heterocycles. The lowest BCUT2D eigenvalue weighted by Gasteiger charge is -2.36. The molecule has 0 atom stereocenters. The Morgan fingerprint density at radius 3 is 2.33 bits per heavy atom. The second-order valence-electron chi connectivity index (χ2n) is 7.30. The number of hydrogen-bond acceptors (Lipinski definition) is 2. The van der Waals surface area contributed by atoms with Gasteiger partial charge in [-0.05, 0) is 58.6 Å². The summed E-state index contributed by atoms with van der Waals surface area (Å²) in [5, 5.41) is 1.48. The predicted molar refractivity (Wildman–Crippen MR) is 96.3 cm³/mol. The van der Waals surface area contributed by atoms with Crippen LogP contribution in [0.2, 0.25) is 0 Å². The van der Waals surface area contributed by atoms with Gasteiger partial charge in [0, 0.05) is 11.1 Å². The maximum absolute atomic E-state index is 13.0. The lowest BCUT2D eigenvalue weighted by atomic mass is 9.98. The van der Waals surface area contributed by atoms with E-state index in [1.165, 1.54) is 11.4 Å². The average Bonchev–Trinajstić information content (AvgIpc) is 2.51. The van der Waals surface area contributed by atoms with Crippen molar-refractivity contribution in [3.63, 3.8) is 0 Å². The molecule has 0 spiro atoms. The third-order valence-electron chi connectivity index (χ3n) is 4.19. The quantitative estimate of drug-likeness (QED) is 0.826. The minimum Gasteiger partial charge on any atom is -0.268 e. The van der Waals surface area contributed by atoms with Gasteiger partial charge in [0.15, 0.2) is 0 Å². The van der Waals surface area contributed by atoms with Gasteiger partial charge in [-0.25, -0.2) is 5.01 Å². The summed E-state index contributed by atoms with van der Waals surface area (Å²) in [5.41, 5.74) is 3.68. The van der Waals surface area contributed by atoms with Gasteiger partial charge in [-0.1, -0.05) is 37.1 Å². The summed E-state index contributed by atoms with van der Waals surface area (Å²) in [4.78, 5) is 25.5. The summed E-state index contributed by atoms with van der Waals surface area (Å²) in [6.07, 6.45) is 8.32. The van der Waals surface area contributed by atoms with Crippen LogP contribution in [0.25, 0.3) is 0 Å². The lowest BCUT2D eigenvalue weighted by Crippen LogP contribution is -2.56. The van der Waals surface area contributed by atoms with Crippen LogP contribution in [-0.4, -0.2) is 22.4 Å². The van der Waals surface area contributed by atoms with E-state index < -0.39 is 5.54 Å². The third-order valence-corrected chi connectivity index (χ3v) is 4.19. The minimum atomic E-state index is -0.495. The van der Waals surface area contributed by atoms with Gasteiger partial charge >= 0.3 is 0 Å². The average molecular weight is 328 g/mol. The Labute approximate surface area is 144 Å². The molecule has 0 unspecified atom stereocenters. The number of hydrogen-bond donors (Lipinski definition) is 1. The first-order valence-electron chi connectivity index (χ1n) is 8.79. The normalized spacial score (nSPS) is 15.7. The van der Waals surface area contributed by atoms with E-state index in [1.807, 2.05) is 39.0 Å². The molecule has 1 aliphatic rings. The molecule has 1 aromatic rings. The lowest BCUT2D eigenvalue weighted by molar-refractivity contribution is -0.135. The molecule has 0 saturated carbocycles. The number of carbonyl (C=O) groups is 2. The predicted octanol–water partition coefficient (Wildman–Crippen LogP) is 4.24. The summed E-state index contributed by atoms with van der Waals surface area (Å²) in [7, 11) is 0. The number of carbonyl (C=O) groups excluding carboxylic acids is 2. The fourth-order valence-electron chi connectivity index (χ4n) is 2.81. The van der Waals surface area contributed by atoms with Crippen molar-refractivity contribution in [2.24, 2.45) is 0 Å². The minimum absolute atomic E-state index is 0.0892. The maximum Gasteiger partial charge on any atom is 0.269 e. The number of benzene rings is 1. The molecule has 1 aliphatic carbocycles. The SMILES string of the molecule is CC(C)(C)N(NC(=O)c1ccccc1)C(=O)C1=CCCCCCC1. The highest BCUT2D eigenvalue weighted by atomic mass is 16.2. The molecule has 0 aliphatic heterocycles. The van der Waals surface area contributed by atoms with Gasteiger partial charge in [0.05, 0.1) is 5.54 Å². The molecule has 4 nitrogen and oxygen atoms in total. The molecule has 130 valence electrons. The molecule has 2 rings (SSSR count). The number of hydrazine groups is 1. The fourth-order valence-corrected chi connectivity index (χ4v) is 2.81. The van der Waals surface area contributed by atoms with E-state index in [4.69, 9.17) is 0 Å². The molecule has 1 N–H and O–H groups in total. The van der Waals surface area contributed by atoms with Gasteiger partial charge in [0.25, 0.3) is 11.8 Å². The molecule has 24 heavy (non-hydrogen) atoms. The zero-order valence-electron chi connectivity index (χ0n) is 15.0. The topological polar surface area (TPSA) is 49.4 Å². The summed E-state index contributed by atoms with van der Waals surface area (Å²) in [6.45, 7) is 5.79. The molecule has 0 heterocycles. The largest absolute Gasteiger partial charge is 0.269 e. The monoisotopic (exact) mass is 328 g/mol. The highest BCUT2D eigenvalue weighted by Crippen LogP contribution is 2.22. The van der Waals surface area contributed by atoms with E-state index in [-0.39, 0.29) is 11.8 Å². The summed E-state index contributed by atoms with van der Waals surface area (Å²) < 4.78 is 0. The smallest absolute Gasteiger partial charge is 0.268 e. The Hall–Kier alpha value is -2.10. The second kappa shape index (κ2) is 8.13. The van der Waals surface area contributed by atoms with Gasteiger partial charge < -0.3 is 0 Å². The van der Waals surface area contributed by atoms with Crippen molar-refractivity contribution in [3.05, 3.63) is 47.5 Å². The van der Waals surface area contributed by atoms with Crippen LogP contribution < -0.4 is 5.43 Å². The summed E-state index contributed by atoms with van der Waals surface area (Å²) in [6, 6.07) is 8.99. The zero-order valence-corrected chi connectivity index (χ0v) is 15.0. The van der Waals surface area contributed by atoms with Crippen molar-refractivity contribution in [2.45, 2.75) is 64.8 Å². The number of rotatable bonds is 2. The molecule has 0 aromatic heterocycles. The third kappa shape index (κ3) is 4.95. The second-order valence-corrected chi connectivity index (χ2v) is 7.30. The Kier molecular flexibility index (Phi) is 6.18. The van der Waals surface area contributed by atoms with Crippen LogP contribution in [0.1, 0.15) is 69.7 Å². The van der Waals surface area contributed by atoms with Crippen LogP contribution >= 0.6 is 0 Å². The molecule has 0 bridgehead atoms. The number of nitrogens with zero attached hydrogens (tertiary/aromatic N) is 1. The van der Waals surface area contributed by atoms with Gasteiger partial charge in [-0.15, -0.1) is 0 Å². The number of nitrogens with one attached hydrogen (secondary N) is 1. The van der Waals surface area contributed by atoms with E-state index >= 15 is 0 Å². The van der Waals surface area contributed by atoms with E-state index in [1.54, 1.807) is 12.1 Å². The zero-order chi connectivity index (χ0) is 17.6. The Bertz CT molecular complexity index is 600. The first kappa shape index (κ1) is 18.2. The van der Waals surface area contributed by atoms with Crippen LogP contribution in [0, 0.1) is 0 Å². The Morgan fingerprint density at radius 1 is 1.00 bits per heavy atom. The van der Waals surface area contributed by atoms with Crippen molar-refractivity contribution >= 4 is 11.8 Å². The molecule has 0 fully saturated rings. The Morgan fingerprint density at radius 2 is 1.67 bits per heavy atom.